The molecule has 4 nitrogen and oxygen atoms in total. The molecule has 20 heavy (non-hydrogen) atoms. The van der Waals surface area contributed by atoms with E-state index in [0.717, 1.165) is 5.56 Å². The van der Waals surface area contributed by atoms with Gasteiger partial charge in [0.15, 0.2) is 11.7 Å². The lowest BCUT2D eigenvalue weighted by atomic mass is 10.1. The van der Waals surface area contributed by atoms with Crippen molar-refractivity contribution >= 4 is 34.8 Å². The van der Waals surface area contributed by atoms with Gasteiger partial charge >= 0.3 is 0 Å². The maximum Gasteiger partial charge on any atom is 0.264 e. The lowest BCUT2D eigenvalue weighted by Crippen LogP contribution is -2.49. The summed E-state index contributed by atoms with van der Waals surface area (Å²) < 4.78 is 5.43. The van der Waals surface area contributed by atoms with Gasteiger partial charge in [-0.1, -0.05) is 11.6 Å². The normalized spacial score (nSPS) is 10.8. The molecule has 0 heterocycles. The van der Waals surface area contributed by atoms with E-state index in [1.165, 1.54) is 0 Å². The Balaban J connectivity index is 2.46. The van der Waals surface area contributed by atoms with Crippen molar-refractivity contribution in [2.75, 3.05) is 6.61 Å². The van der Waals surface area contributed by atoms with Crippen LogP contribution in [0.25, 0.3) is 0 Å². The van der Waals surface area contributed by atoms with Gasteiger partial charge in [0.25, 0.3) is 5.91 Å². The van der Waals surface area contributed by atoms with Crippen LogP contribution >= 0.6 is 23.8 Å². The van der Waals surface area contributed by atoms with Gasteiger partial charge in [0.05, 0.1) is 0 Å². The fourth-order valence-corrected chi connectivity index (χ4v) is 2.10. The highest BCUT2D eigenvalue weighted by atomic mass is 35.5. The molecule has 1 amide bonds. The number of thiocarbonyl (C=S) groups is 1. The van der Waals surface area contributed by atoms with Crippen molar-refractivity contribution < 1.29 is 9.53 Å². The van der Waals surface area contributed by atoms with E-state index in [9.17, 15) is 4.79 Å². The number of aryl methyl sites for hydroxylation is 1. The van der Waals surface area contributed by atoms with Gasteiger partial charge in [0.2, 0.25) is 0 Å². The molecule has 2 N–H and O–H groups in total. The number of amides is 1. The molecule has 0 saturated heterocycles. The molecular formula is C14H19ClN2O2S. The molecule has 0 aliphatic heterocycles. The number of benzene rings is 1. The summed E-state index contributed by atoms with van der Waals surface area (Å²) in [5.74, 6) is 0.320. The van der Waals surface area contributed by atoms with Gasteiger partial charge in [-0.15, -0.1) is 0 Å². The molecule has 1 aromatic carbocycles. The molecule has 110 valence electrons. The summed E-state index contributed by atoms with van der Waals surface area (Å²) in [7, 11) is 0. The Bertz CT molecular complexity index is 512. The zero-order chi connectivity index (χ0) is 15.3. The van der Waals surface area contributed by atoms with E-state index >= 15 is 0 Å². The second kappa shape index (κ2) is 6.90. The smallest absolute Gasteiger partial charge is 0.264 e. The van der Waals surface area contributed by atoms with Gasteiger partial charge in [-0.2, -0.15) is 0 Å². The zero-order valence-corrected chi connectivity index (χ0v) is 13.6. The summed E-state index contributed by atoms with van der Waals surface area (Å²) in [5, 5.41) is 6.49. The molecule has 0 aromatic heterocycles. The molecule has 0 spiro atoms. The molecule has 1 aromatic rings. The fourth-order valence-electron chi connectivity index (χ4n) is 1.45. The average molecular weight is 315 g/mol. The molecule has 0 aliphatic rings. The van der Waals surface area contributed by atoms with Crippen molar-refractivity contribution in [2.24, 2.45) is 0 Å². The van der Waals surface area contributed by atoms with Crippen LogP contribution < -0.4 is 15.4 Å². The van der Waals surface area contributed by atoms with Gasteiger partial charge < -0.3 is 15.4 Å². The largest absolute Gasteiger partial charge is 0.483 e. The Hall–Kier alpha value is -1.33. The number of halogens is 1. The minimum atomic E-state index is -0.305. The number of carbonyl (C=O) groups is 1. The lowest BCUT2D eigenvalue weighted by Gasteiger charge is -2.22. The molecule has 6 heteroatoms. The first-order chi connectivity index (χ1) is 9.17. The Morgan fingerprint density at radius 2 is 2.05 bits per heavy atom. The second-order valence-electron chi connectivity index (χ2n) is 5.45. The first kappa shape index (κ1) is 16.7. The quantitative estimate of drug-likeness (QED) is 0.842. The molecule has 0 bridgehead atoms. The van der Waals surface area contributed by atoms with Crippen LogP contribution in [0.2, 0.25) is 5.02 Å². The second-order valence-corrected chi connectivity index (χ2v) is 6.30. The maximum atomic E-state index is 11.7. The molecule has 0 fully saturated rings. The molecule has 0 radical (unpaired) electrons. The van der Waals surface area contributed by atoms with Gasteiger partial charge in [0, 0.05) is 10.6 Å². The highest BCUT2D eigenvalue weighted by molar-refractivity contribution is 7.80. The highest BCUT2D eigenvalue weighted by Gasteiger charge is 2.13. The van der Waals surface area contributed by atoms with Crippen LogP contribution in [0, 0.1) is 6.92 Å². The Morgan fingerprint density at radius 3 is 2.60 bits per heavy atom. The topological polar surface area (TPSA) is 50.4 Å². The molecule has 0 aliphatic carbocycles. The van der Waals surface area contributed by atoms with Gasteiger partial charge in [-0.25, -0.2) is 0 Å². The van der Waals surface area contributed by atoms with E-state index in [1.54, 1.807) is 18.2 Å². The Labute approximate surface area is 129 Å². The van der Waals surface area contributed by atoms with Crippen LogP contribution in [0.3, 0.4) is 0 Å². The molecule has 0 atom stereocenters. The van der Waals surface area contributed by atoms with Crippen molar-refractivity contribution in [2.45, 2.75) is 33.2 Å². The van der Waals surface area contributed by atoms with Crippen LogP contribution in [0.4, 0.5) is 0 Å². The molecular weight excluding hydrogens is 296 g/mol. The minimum Gasteiger partial charge on any atom is -0.483 e. The highest BCUT2D eigenvalue weighted by Crippen LogP contribution is 2.21. The van der Waals surface area contributed by atoms with E-state index < -0.39 is 0 Å². The number of hydrogen-bond acceptors (Lipinski definition) is 3. The molecule has 0 saturated carbocycles. The van der Waals surface area contributed by atoms with Gasteiger partial charge in [-0.05, 0) is 63.7 Å². The van der Waals surface area contributed by atoms with Crippen molar-refractivity contribution in [1.82, 2.24) is 10.6 Å². The van der Waals surface area contributed by atoms with E-state index in [-0.39, 0.29) is 18.1 Å². The van der Waals surface area contributed by atoms with Crippen LogP contribution in [-0.4, -0.2) is 23.2 Å². The van der Waals surface area contributed by atoms with E-state index in [4.69, 9.17) is 28.6 Å². The predicted molar refractivity (Wildman–Crippen MR) is 85.3 cm³/mol. The summed E-state index contributed by atoms with van der Waals surface area (Å²) in [4.78, 5) is 11.7. The summed E-state index contributed by atoms with van der Waals surface area (Å²) in [5.41, 5.74) is 0.679. The monoisotopic (exact) mass is 314 g/mol. The van der Waals surface area contributed by atoms with Crippen LogP contribution in [0.1, 0.15) is 26.3 Å². The third-order valence-electron chi connectivity index (χ3n) is 2.24. The van der Waals surface area contributed by atoms with Gasteiger partial charge in [0.1, 0.15) is 5.75 Å². The SMILES string of the molecule is Cc1cc(Cl)ccc1OCC(=O)NC(=S)NC(C)(C)C. The van der Waals surface area contributed by atoms with Crippen LogP contribution in [0.5, 0.6) is 5.75 Å². The average Bonchev–Trinajstić information content (AvgIpc) is 2.24. The Morgan fingerprint density at radius 1 is 1.40 bits per heavy atom. The van der Waals surface area contributed by atoms with Crippen LogP contribution in [0.15, 0.2) is 18.2 Å². The number of ether oxygens (including phenoxy) is 1. The van der Waals surface area contributed by atoms with Gasteiger partial charge in [-0.3, -0.25) is 4.79 Å². The van der Waals surface area contributed by atoms with Crippen LogP contribution in [-0.2, 0) is 4.79 Å². The minimum absolute atomic E-state index is 0.103. The third kappa shape index (κ3) is 6.21. The van der Waals surface area contributed by atoms with E-state index in [0.29, 0.717) is 15.9 Å². The number of rotatable bonds is 3. The zero-order valence-electron chi connectivity index (χ0n) is 12.0. The number of nitrogens with one attached hydrogen (secondary N) is 2. The predicted octanol–water partition coefficient (Wildman–Crippen LogP) is 2.82. The van der Waals surface area contributed by atoms with E-state index in [1.807, 2.05) is 27.7 Å². The van der Waals surface area contributed by atoms with Crippen molar-refractivity contribution in [1.29, 1.82) is 0 Å². The summed E-state index contributed by atoms with van der Waals surface area (Å²) in [6, 6.07) is 5.23. The van der Waals surface area contributed by atoms with Crippen molar-refractivity contribution in [3.63, 3.8) is 0 Å². The first-order valence-corrected chi connectivity index (χ1v) is 6.97. The maximum absolute atomic E-state index is 11.7. The number of carbonyl (C=O) groups excluding carboxylic acids is 1. The summed E-state index contributed by atoms with van der Waals surface area (Å²) in [6.07, 6.45) is 0. The number of hydrogen-bond donors (Lipinski definition) is 2. The molecule has 0 unspecified atom stereocenters. The van der Waals surface area contributed by atoms with E-state index in [2.05, 4.69) is 10.6 Å². The summed E-state index contributed by atoms with van der Waals surface area (Å²) in [6.45, 7) is 7.64. The third-order valence-corrected chi connectivity index (χ3v) is 2.68. The standard InChI is InChI=1S/C14H19ClN2O2S/c1-9-7-10(15)5-6-11(9)19-8-12(18)16-13(20)17-14(2,3)4/h5-7H,8H2,1-4H3,(H2,16,17,18,20). The lowest BCUT2D eigenvalue weighted by molar-refractivity contribution is -0.121. The van der Waals surface area contributed by atoms with Crippen molar-refractivity contribution in [3.8, 4) is 5.75 Å². The first-order valence-electron chi connectivity index (χ1n) is 6.18. The van der Waals surface area contributed by atoms with Crippen molar-refractivity contribution in [3.05, 3.63) is 28.8 Å². The summed E-state index contributed by atoms with van der Waals surface area (Å²) >= 11 is 10.9. The Kier molecular flexibility index (Phi) is 5.77. The molecule has 1 rings (SSSR count). The fraction of sp³-hybridized carbons (Fsp3) is 0.429.